The Hall–Kier alpha value is -1.89. The minimum absolute atomic E-state index is 0.000787. The van der Waals surface area contributed by atoms with Gasteiger partial charge in [0, 0.05) is 6.54 Å². The molecule has 7 heteroatoms. The fourth-order valence-corrected chi connectivity index (χ4v) is 3.14. The number of rotatable bonds is 0. The number of sulfone groups is 1. The van der Waals surface area contributed by atoms with Gasteiger partial charge in [-0.05, 0) is 12.1 Å². The summed E-state index contributed by atoms with van der Waals surface area (Å²) in [5.41, 5.74) is 0.131. The van der Waals surface area contributed by atoms with Crippen LogP contribution in [0.1, 0.15) is 0 Å². The van der Waals surface area contributed by atoms with Gasteiger partial charge in [-0.2, -0.15) is 0 Å². The van der Waals surface area contributed by atoms with E-state index in [-0.39, 0.29) is 22.9 Å². The van der Waals surface area contributed by atoms with Crippen molar-refractivity contribution in [2.24, 2.45) is 0 Å². The number of anilines is 1. The summed E-state index contributed by atoms with van der Waals surface area (Å²) in [6, 6.07) is 5.88. The number of nitrogens with zero attached hydrogens (tertiary/aromatic N) is 1. The number of carboxylic acid groups (broad SMARTS) is 1. The average Bonchev–Trinajstić information content (AvgIpc) is 2.28. The van der Waals surface area contributed by atoms with Gasteiger partial charge in [0.1, 0.15) is 0 Å². The maximum atomic E-state index is 11.7. The largest absolute Gasteiger partial charge is 0.474 e. The third-order valence-electron chi connectivity index (χ3n) is 2.50. The van der Waals surface area contributed by atoms with Crippen molar-refractivity contribution < 1.29 is 23.1 Å². The van der Waals surface area contributed by atoms with Crippen LogP contribution in [0.2, 0.25) is 0 Å². The summed E-state index contributed by atoms with van der Waals surface area (Å²) in [4.78, 5) is 23.0. The van der Waals surface area contributed by atoms with Gasteiger partial charge in [0.25, 0.3) is 0 Å². The van der Waals surface area contributed by atoms with Crippen molar-refractivity contribution in [2.45, 2.75) is 4.90 Å². The predicted octanol–water partition coefficient (Wildman–Crippen LogP) is -0.108. The summed E-state index contributed by atoms with van der Waals surface area (Å²) in [6.45, 7) is -0.134. The first kappa shape index (κ1) is 11.6. The molecule has 6 nitrogen and oxygen atoms in total. The van der Waals surface area contributed by atoms with E-state index in [4.69, 9.17) is 5.11 Å². The maximum absolute atomic E-state index is 11.7. The van der Waals surface area contributed by atoms with Crippen LogP contribution in [0.5, 0.6) is 0 Å². The SMILES string of the molecule is O=C(O)C(=O)N1CCS(=O)(=O)c2ccccc21. The highest BCUT2D eigenvalue weighted by molar-refractivity contribution is 7.91. The fourth-order valence-electron chi connectivity index (χ4n) is 1.71. The first-order valence-electron chi connectivity index (χ1n) is 4.80. The van der Waals surface area contributed by atoms with Crippen molar-refractivity contribution in [3.8, 4) is 0 Å². The predicted molar refractivity (Wildman–Crippen MR) is 58.5 cm³/mol. The number of hydrogen-bond acceptors (Lipinski definition) is 4. The van der Waals surface area contributed by atoms with Crippen LogP contribution >= 0.6 is 0 Å². The molecule has 1 N–H and O–H groups in total. The van der Waals surface area contributed by atoms with E-state index in [0.717, 1.165) is 4.90 Å². The minimum Gasteiger partial charge on any atom is -0.474 e. The Balaban J connectivity index is 2.57. The lowest BCUT2D eigenvalue weighted by Crippen LogP contribution is -2.43. The van der Waals surface area contributed by atoms with Crippen molar-refractivity contribution in [3.05, 3.63) is 24.3 Å². The molecular weight excluding hydrogens is 246 g/mol. The maximum Gasteiger partial charge on any atom is 0.394 e. The van der Waals surface area contributed by atoms with Gasteiger partial charge < -0.3 is 10.0 Å². The van der Waals surface area contributed by atoms with E-state index in [1.54, 1.807) is 6.07 Å². The molecule has 90 valence electrons. The minimum atomic E-state index is -3.42. The highest BCUT2D eigenvalue weighted by Gasteiger charge is 2.33. The molecule has 1 aliphatic heterocycles. The molecule has 0 bridgehead atoms. The van der Waals surface area contributed by atoms with Crippen molar-refractivity contribution in [3.63, 3.8) is 0 Å². The summed E-state index contributed by atoms with van der Waals surface area (Å²) in [7, 11) is -3.42. The van der Waals surface area contributed by atoms with Gasteiger partial charge in [0.2, 0.25) is 0 Å². The van der Waals surface area contributed by atoms with Gasteiger partial charge in [-0.3, -0.25) is 4.79 Å². The lowest BCUT2D eigenvalue weighted by molar-refractivity contribution is -0.148. The molecule has 17 heavy (non-hydrogen) atoms. The Morgan fingerprint density at radius 3 is 2.53 bits per heavy atom. The number of amides is 1. The highest BCUT2D eigenvalue weighted by Crippen LogP contribution is 2.30. The second-order valence-electron chi connectivity index (χ2n) is 3.55. The summed E-state index contributed by atoms with van der Waals surface area (Å²) in [5, 5.41) is 8.65. The van der Waals surface area contributed by atoms with E-state index in [2.05, 4.69) is 0 Å². The molecule has 0 saturated heterocycles. The van der Waals surface area contributed by atoms with Crippen molar-refractivity contribution in [1.29, 1.82) is 0 Å². The van der Waals surface area contributed by atoms with E-state index in [0.29, 0.717) is 0 Å². The standard InChI is InChI=1S/C10H9NO5S/c12-9(10(13)14)11-5-6-17(15,16)8-4-2-1-3-7(8)11/h1-4H,5-6H2,(H,13,14). The molecule has 0 radical (unpaired) electrons. The van der Waals surface area contributed by atoms with Crippen LogP contribution in [0.3, 0.4) is 0 Å². The van der Waals surface area contributed by atoms with Crippen LogP contribution in [0.4, 0.5) is 5.69 Å². The van der Waals surface area contributed by atoms with Crippen LogP contribution in [-0.2, 0) is 19.4 Å². The average molecular weight is 255 g/mol. The summed E-state index contributed by atoms with van der Waals surface area (Å²) in [5.74, 6) is -2.98. The lowest BCUT2D eigenvalue weighted by atomic mass is 10.2. The monoisotopic (exact) mass is 255 g/mol. The smallest absolute Gasteiger partial charge is 0.394 e. The summed E-state index contributed by atoms with van der Waals surface area (Å²) < 4.78 is 23.5. The van der Waals surface area contributed by atoms with Gasteiger partial charge in [0.15, 0.2) is 9.84 Å². The number of carboxylic acids is 1. The van der Waals surface area contributed by atoms with Gasteiger partial charge in [-0.15, -0.1) is 0 Å². The lowest BCUT2D eigenvalue weighted by Gasteiger charge is -2.27. The zero-order chi connectivity index (χ0) is 12.6. The van der Waals surface area contributed by atoms with Gasteiger partial charge in [-0.25, -0.2) is 13.2 Å². The Morgan fingerprint density at radius 1 is 1.24 bits per heavy atom. The number of fused-ring (bicyclic) bond motifs is 1. The molecule has 1 aromatic rings. The third kappa shape index (κ3) is 1.89. The topological polar surface area (TPSA) is 91.8 Å². The fraction of sp³-hybridized carbons (Fsp3) is 0.200. The molecule has 0 aliphatic carbocycles. The van der Waals surface area contributed by atoms with Crippen LogP contribution in [-0.4, -0.2) is 37.7 Å². The number of carbonyl (C=O) groups is 2. The quantitative estimate of drug-likeness (QED) is 0.653. The number of hydrogen-bond donors (Lipinski definition) is 1. The number of carbonyl (C=O) groups excluding carboxylic acids is 1. The number of benzene rings is 1. The Kier molecular flexibility index (Phi) is 2.62. The Labute approximate surface area is 97.4 Å². The molecule has 0 aromatic heterocycles. The molecule has 0 spiro atoms. The first-order valence-corrected chi connectivity index (χ1v) is 6.45. The van der Waals surface area contributed by atoms with E-state index >= 15 is 0 Å². The van der Waals surface area contributed by atoms with Crippen LogP contribution < -0.4 is 4.90 Å². The van der Waals surface area contributed by atoms with E-state index < -0.39 is 21.7 Å². The Morgan fingerprint density at radius 2 is 1.88 bits per heavy atom. The van der Waals surface area contributed by atoms with Crippen molar-refractivity contribution in [1.82, 2.24) is 0 Å². The Bertz CT molecular complexity index is 592. The van der Waals surface area contributed by atoms with Crippen molar-refractivity contribution >= 4 is 27.4 Å². The molecular formula is C10H9NO5S. The molecule has 1 aromatic carbocycles. The third-order valence-corrected chi connectivity index (χ3v) is 4.24. The first-order chi connectivity index (χ1) is 7.93. The summed E-state index contributed by atoms with van der Waals surface area (Å²) >= 11 is 0. The van der Waals surface area contributed by atoms with Gasteiger partial charge in [0.05, 0.1) is 16.3 Å². The zero-order valence-corrected chi connectivity index (χ0v) is 9.48. The van der Waals surface area contributed by atoms with Crippen molar-refractivity contribution in [2.75, 3.05) is 17.2 Å². The number of aliphatic carboxylic acids is 1. The molecule has 0 saturated carbocycles. The molecule has 1 aliphatic rings. The normalized spacial score (nSPS) is 17.3. The molecule has 0 fully saturated rings. The van der Waals surface area contributed by atoms with Crippen LogP contribution in [0.25, 0.3) is 0 Å². The molecule has 1 amide bonds. The molecule has 1 heterocycles. The number of para-hydroxylation sites is 1. The second-order valence-corrected chi connectivity index (χ2v) is 5.63. The van der Waals surface area contributed by atoms with E-state index in [9.17, 15) is 18.0 Å². The van der Waals surface area contributed by atoms with Crippen LogP contribution in [0.15, 0.2) is 29.2 Å². The van der Waals surface area contributed by atoms with E-state index in [1.807, 2.05) is 0 Å². The van der Waals surface area contributed by atoms with Gasteiger partial charge in [-0.1, -0.05) is 12.1 Å². The molecule has 0 unspecified atom stereocenters. The van der Waals surface area contributed by atoms with Gasteiger partial charge >= 0.3 is 11.9 Å². The molecule has 0 atom stereocenters. The highest BCUT2D eigenvalue weighted by atomic mass is 32.2. The van der Waals surface area contributed by atoms with E-state index in [1.165, 1.54) is 18.2 Å². The second kappa shape index (κ2) is 3.85. The molecule has 2 rings (SSSR count). The zero-order valence-electron chi connectivity index (χ0n) is 8.66. The summed E-state index contributed by atoms with van der Waals surface area (Å²) in [6.07, 6.45) is 0. The van der Waals surface area contributed by atoms with Crippen LogP contribution in [0, 0.1) is 0 Å².